The molecule has 5 heteroatoms. The Balaban J connectivity index is 1.66. The molecule has 2 aromatic carbocycles. The molecule has 0 saturated heterocycles. The van der Waals surface area contributed by atoms with Crippen molar-refractivity contribution in [2.75, 3.05) is 6.61 Å². The van der Waals surface area contributed by atoms with Crippen LogP contribution >= 0.6 is 0 Å². The van der Waals surface area contributed by atoms with E-state index < -0.39 is 6.09 Å². The van der Waals surface area contributed by atoms with Gasteiger partial charge < -0.3 is 14.8 Å². The quantitative estimate of drug-likeness (QED) is 0.645. The van der Waals surface area contributed by atoms with E-state index >= 15 is 0 Å². The fourth-order valence-corrected chi connectivity index (χ4v) is 3.22. The number of esters is 1. The first-order valence-corrected chi connectivity index (χ1v) is 9.08. The minimum absolute atomic E-state index is 0.135. The third-order valence-electron chi connectivity index (χ3n) is 4.41. The highest BCUT2D eigenvalue weighted by molar-refractivity contribution is 5.92. The lowest BCUT2D eigenvalue weighted by Crippen LogP contribution is -2.38. The first kappa shape index (κ1) is 18.7. The van der Waals surface area contributed by atoms with Crippen LogP contribution in [-0.4, -0.2) is 24.7 Å². The molecule has 0 radical (unpaired) electrons. The summed E-state index contributed by atoms with van der Waals surface area (Å²) in [7, 11) is 0. The summed E-state index contributed by atoms with van der Waals surface area (Å²) in [5, 5.41) is 2.91. The molecule has 1 atom stereocenters. The number of benzene rings is 2. The van der Waals surface area contributed by atoms with Gasteiger partial charge in [0.1, 0.15) is 6.61 Å². The molecule has 1 aliphatic carbocycles. The van der Waals surface area contributed by atoms with Crippen molar-refractivity contribution in [1.82, 2.24) is 5.32 Å². The standard InChI is InChI=1S/C22H23NO4/c1-2-26-21(24)14-18-13-19(12-17-10-6-7-11-20(17)18)23-22(25)27-15-16-8-4-3-5-9-16/h3-11,14,19H,2,12-13,15H2,1H3,(H,23,25)/b18-14+. The molecule has 0 bridgehead atoms. The summed E-state index contributed by atoms with van der Waals surface area (Å²) in [5.74, 6) is -0.366. The number of ether oxygens (including phenoxy) is 2. The van der Waals surface area contributed by atoms with Crippen LogP contribution in [0.15, 0.2) is 60.7 Å². The van der Waals surface area contributed by atoms with Crippen LogP contribution in [0.3, 0.4) is 0 Å². The van der Waals surface area contributed by atoms with Crippen LogP contribution < -0.4 is 5.32 Å². The highest BCUT2D eigenvalue weighted by Gasteiger charge is 2.24. The molecule has 0 aliphatic heterocycles. The second-order valence-electron chi connectivity index (χ2n) is 6.39. The van der Waals surface area contributed by atoms with Crippen LogP contribution in [0.25, 0.3) is 5.57 Å². The Kier molecular flexibility index (Phi) is 6.26. The van der Waals surface area contributed by atoms with Crippen molar-refractivity contribution in [3.63, 3.8) is 0 Å². The van der Waals surface area contributed by atoms with E-state index in [0.717, 1.165) is 22.3 Å². The van der Waals surface area contributed by atoms with Gasteiger partial charge in [-0.25, -0.2) is 9.59 Å². The van der Waals surface area contributed by atoms with Crippen LogP contribution in [0, 0.1) is 0 Å². The summed E-state index contributed by atoms with van der Waals surface area (Å²) in [4.78, 5) is 24.1. The third kappa shape index (κ3) is 5.20. The molecular formula is C22H23NO4. The number of hydrogen-bond donors (Lipinski definition) is 1. The average molecular weight is 365 g/mol. The minimum atomic E-state index is -0.460. The highest BCUT2D eigenvalue weighted by Crippen LogP contribution is 2.31. The SMILES string of the molecule is CCOC(=O)/C=C1\CC(NC(=O)OCc2ccccc2)Cc2ccccc21. The van der Waals surface area contributed by atoms with Crippen LogP contribution in [0.5, 0.6) is 0 Å². The van der Waals surface area contributed by atoms with Crippen molar-refractivity contribution in [2.45, 2.75) is 32.4 Å². The summed E-state index contributed by atoms with van der Waals surface area (Å²) in [6, 6.07) is 17.3. The molecule has 0 aromatic heterocycles. The van der Waals surface area contributed by atoms with Crippen molar-refractivity contribution in [1.29, 1.82) is 0 Å². The van der Waals surface area contributed by atoms with Crippen molar-refractivity contribution in [3.8, 4) is 0 Å². The summed E-state index contributed by atoms with van der Waals surface area (Å²) < 4.78 is 10.3. The predicted octanol–water partition coefficient (Wildman–Crippen LogP) is 3.87. The highest BCUT2D eigenvalue weighted by atomic mass is 16.5. The monoisotopic (exact) mass is 365 g/mol. The summed E-state index contributed by atoms with van der Waals surface area (Å²) in [6.45, 7) is 2.33. The lowest BCUT2D eigenvalue weighted by Gasteiger charge is -2.27. The van der Waals surface area contributed by atoms with Gasteiger partial charge in [-0.2, -0.15) is 0 Å². The van der Waals surface area contributed by atoms with Gasteiger partial charge in [-0.1, -0.05) is 54.6 Å². The second kappa shape index (κ2) is 9.03. The minimum Gasteiger partial charge on any atom is -0.463 e. The van der Waals surface area contributed by atoms with Crippen LogP contribution in [0.2, 0.25) is 0 Å². The number of carbonyl (C=O) groups is 2. The normalized spacial score (nSPS) is 17.1. The largest absolute Gasteiger partial charge is 0.463 e. The first-order valence-electron chi connectivity index (χ1n) is 9.08. The van der Waals surface area contributed by atoms with Crippen molar-refractivity contribution < 1.29 is 19.1 Å². The molecule has 1 aliphatic rings. The Morgan fingerprint density at radius 1 is 1.04 bits per heavy atom. The lowest BCUT2D eigenvalue weighted by molar-refractivity contribution is -0.137. The summed E-state index contributed by atoms with van der Waals surface area (Å²) in [6.07, 6.45) is 2.30. The van der Waals surface area contributed by atoms with Gasteiger partial charge in [-0.15, -0.1) is 0 Å². The van der Waals surface area contributed by atoms with Crippen molar-refractivity contribution in [3.05, 3.63) is 77.4 Å². The second-order valence-corrected chi connectivity index (χ2v) is 6.39. The topological polar surface area (TPSA) is 64.6 Å². The van der Waals surface area contributed by atoms with E-state index in [2.05, 4.69) is 5.32 Å². The molecule has 0 spiro atoms. The number of alkyl carbamates (subject to hydrolysis) is 1. The summed E-state index contributed by atoms with van der Waals surface area (Å²) >= 11 is 0. The third-order valence-corrected chi connectivity index (χ3v) is 4.41. The molecule has 0 fully saturated rings. The van der Waals surface area contributed by atoms with Gasteiger partial charge in [-0.3, -0.25) is 0 Å². The predicted molar refractivity (Wildman–Crippen MR) is 103 cm³/mol. The van der Waals surface area contributed by atoms with E-state index in [4.69, 9.17) is 9.47 Å². The molecule has 1 N–H and O–H groups in total. The van der Waals surface area contributed by atoms with E-state index in [1.807, 2.05) is 54.6 Å². The van der Waals surface area contributed by atoms with Gasteiger partial charge in [0.2, 0.25) is 0 Å². The average Bonchev–Trinajstić information content (AvgIpc) is 2.67. The zero-order chi connectivity index (χ0) is 19.1. The van der Waals surface area contributed by atoms with E-state index in [0.29, 0.717) is 19.4 Å². The molecule has 1 amide bonds. The van der Waals surface area contributed by atoms with E-state index in [1.54, 1.807) is 6.92 Å². The number of nitrogens with one attached hydrogen (secondary N) is 1. The number of amides is 1. The molecule has 2 aromatic rings. The Labute approximate surface area is 159 Å². The molecule has 5 nitrogen and oxygen atoms in total. The van der Waals surface area contributed by atoms with E-state index in [1.165, 1.54) is 6.08 Å². The lowest BCUT2D eigenvalue weighted by atomic mass is 9.84. The number of fused-ring (bicyclic) bond motifs is 1. The Morgan fingerprint density at radius 2 is 1.78 bits per heavy atom. The number of rotatable bonds is 5. The maximum Gasteiger partial charge on any atom is 0.407 e. The Hall–Kier alpha value is -3.08. The van der Waals surface area contributed by atoms with Gasteiger partial charge >= 0.3 is 12.1 Å². The van der Waals surface area contributed by atoms with Gasteiger partial charge in [-0.05, 0) is 42.0 Å². The molecule has 140 valence electrons. The Bertz CT molecular complexity index is 829. The fourth-order valence-electron chi connectivity index (χ4n) is 3.22. The first-order chi connectivity index (χ1) is 13.2. The van der Waals surface area contributed by atoms with Crippen molar-refractivity contribution in [2.24, 2.45) is 0 Å². The maximum absolute atomic E-state index is 12.2. The molecule has 27 heavy (non-hydrogen) atoms. The smallest absolute Gasteiger partial charge is 0.407 e. The van der Waals surface area contributed by atoms with E-state index in [-0.39, 0.29) is 18.6 Å². The fraction of sp³-hybridized carbons (Fsp3) is 0.273. The Morgan fingerprint density at radius 3 is 2.56 bits per heavy atom. The van der Waals surface area contributed by atoms with Gasteiger partial charge in [0.05, 0.1) is 6.61 Å². The molecule has 3 rings (SSSR count). The molecule has 0 saturated carbocycles. The van der Waals surface area contributed by atoms with Gasteiger partial charge in [0.25, 0.3) is 0 Å². The maximum atomic E-state index is 12.2. The van der Waals surface area contributed by atoms with Crippen LogP contribution in [0.1, 0.15) is 30.0 Å². The zero-order valence-corrected chi connectivity index (χ0v) is 15.3. The molecular weight excluding hydrogens is 342 g/mol. The number of carbonyl (C=O) groups excluding carboxylic acids is 2. The van der Waals surface area contributed by atoms with Crippen LogP contribution in [0.4, 0.5) is 4.79 Å². The molecule has 0 heterocycles. The van der Waals surface area contributed by atoms with Gasteiger partial charge in [0, 0.05) is 12.1 Å². The van der Waals surface area contributed by atoms with E-state index in [9.17, 15) is 9.59 Å². The van der Waals surface area contributed by atoms with Gasteiger partial charge in [0.15, 0.2) is 0 Å². The zero-order valence-electron chi connectivity index (χ0n) is 15.3. The molecule has 1 unspecified atom stereocenters. The van der Waals surface area contributed by atoms with Crippen LogP contribution in [-0.2, 0) is 27.3 Å². The summed E-state index contributed by atoms with van der Waals surface area (Å²) in [5.41, 5.74) is 3.92. The van der Waals surface area contributed by atoms with Crippen molar-refractivity contribution >= 4 is 17.6 Å². The number of hydrogen-bond acceptors (Lipinski definition) is 4.